The minimum absolute atomic E-state index is 0.328. The monoisotopic (exact) mass is 186 g/mol. The highest BCUT2D eigenvalue weighted by molar-refractivity contribution is 5.88. The molecule has 0 unspecified atom stereocenters. The Morgan fingerprint density at radius 1 is 1.50 bits per heavy atom. The van der Waals surface area contributed by atoms with E-state index >= 15 is 0 Å². The lowest BCUT2D eigenvalue weighted by atomic mass is 10.1. The van der Waals surface area contributed by atoms with Gasteiger partial charge in [0.25, 0.3) is 0 Å². The van der Waals surface area contributed by atoms with Crippen molar-refractivity contribution < 1.29 is 9.32 Å². The van der Waals surface area contributed by atoms with Gasteiger partial charge in [-0.3, -0.25) is 4.79 Å². The van der Waals surface area contributed by atoms with Crippen LogP contribution >= 0.6 is 0 Å². The number of aldehydes is 1. The normalized spacial score (nSPS) is 9.43. The van der Waals surface area contributed by atoms with Crippen LogP contribution in [0.2, 0.25) is 0 Å². The number of nitrogens with zero attached hydrogens (tertiary/aromatic N) is 1. The third-order valence-corrected chi connectivity index (χ3v) is 1.77. The molecule has 0 radical (unpaired) electrons. The summed E-state index contributed by atoms with van der Waals surface area (Å²) in [5.74, 6) is 5.31. The van der Waals surface area contributed by atoms with E-state index < -0.39 is 0 Å². The smallest absolute Gasteiger partial charge is 0.193 e. The average molecular weight is 186 g/mol. The molecular weight excluding hydrogens is 180 g/mol. The van der Waals surface area contributed by atoms with Gasteiger partial charge in [-0.25, -0.2) is 0 Å². The molecule has 2 aromatic rings. The molecule has 4 nitrogen and oxygen atoms in total. The lowest BCUT2D eigenvalue weighted by Gasteiger charge is -1.89. The van der Waals surface area contributed by atoms with Gasteiger partial charge in [-0.15, -0.1) is 0 Å². The Morgan fingerprint density at radius 2 is 2.36 bits per heavy atom. The van der Waals surface area contributed by atoms with Crippen molar-refractivity contribution in [2.45, 2.75) is 0 Å². The van der Waals surface area contributed by atoms with Crippen LogP contribution in [-0.2, 0) is 4.79 Å². The maximum Gasteiger partial charge on any atom is 0.193 e. The predicted molar refractivity (Wildman–Crippen MR) is 51.4 cm³/mol. The fourth-order valence-corrected chi connectivity index (χ4v) is 1.15. The minimum atomic E-state index is 0.328. The number of rotatable bonds is 0. The summed E-state index contributed by atoms with van der Waals surface area (Å²) >= 11 is 0. The van der Waals surface area contributed by atoms with Crippen molar-refractivity contribution >= 4 is 23.1 Å². The third-order valence-electron chi connectivity index (χ3n) is 1.77. The summed E-state index contributed by atoms with van der Waals surface area (Å²) in [6, 6.07) is 5.19. The van der Waals surface area contributed by atoms with Crippen molar-refractivity contribution in [2.75, 3.05) is 5.73 Å². The molecule has 0 saturated carbocycles. The average Bonchev–Trinajstić information content (AvgIpc) is 2.57. The van der Waals surface area contributed by atoms with Crippen molar-refractivity contribution in [2.24, 2.45) is 0 Å². The molecule has 0 fully saturated rings. The first-order chi connectivity index (χ1) is 6.81. The SMILES string of the molecule is Nc1noc2ccc(C#CC=O)cc12. The third kappa shape index (κ3) is 1.31. The Kier molecular flexibility index (Phi) is 1.92. The molecule has 1 aromatic carbocycles. The molecule has 1 aromatic heterocycles. The fourth-order valence-electron chi connectivity index (χ4n) is 1.15. The zero-order valence-electron chi connectivity index (χ0n) is 7.15. The molecule has 0 saturated heterocycles. The van der Waals surface area contributed by atoms with Crippen LogP contribution in [-0.4, -0.2) is 11.4 Å². The van der Waals surface area contributed by atoms with Gasteiger partial charge in [0.1, 0.15) is 0 Å². The Balaban J connectivity index is 2.60. The van der Waals surface area contributed by atoms with E-state index in [9.17, 15) is 4.79 Å². The van der Waals surface area contributed by atoms with Gasteiger partial charge in [0.15, 0.2) is 17.7 Å². The summed E-state index contributed by atoms with van der Waals surface area (Å²) in [6.07, 6.45) is 0.543. The lowest BCUT2D eigenvalue weighted by molar-refractivity contribution is -0.103. The second-order valence-corrected chi connectivity index (χ2v) is 2.67. The van der Waals surface area contributed by atoms with E-state index in [2.05, 4.69) is 17.0 Å². The van der Waals surface area contributed by atoms with Crippen molar-refractivity contribution in [1.29, 1.82) is 0 Å². The van der Waals surface area contributed by atoms with Crippen LogP contribution in [0.3, 0.4) is 0 Å². The first kappa shape index (κ1) is 8.32. The Morgan fingerprint density at radius 3 is 3.14 bits per heavy atom. The fraction of sp³-hybridized carbons (Fsp3) is 0. The maximum atomic E-state index is 10.0. The summed E-state index contributed by atoms with van der Waals surface area (Å²) in [4.78, 5) is 10.0. The van der Waals surface area contributed by atoms with E-state index in [4.69, 9.17) is 10.3 Å². The van der Waals surface area contributed by atoms with Gasteiger partial charge in [0, 0.05) is 5.56 Å². The summed E-state index contributed by atoms with van der Waals surface area (Å²) in [5.41, 5.74) is 6.87. The zero-order valence-corrected chi connectivity index (χ0v) is 7.15. The summed E-state index contributed by atoms with van der Waals surface area (Å²) in [6.45, 7) is 0. The topological polar surface area (TPSA) is 69.1 Å². The summed E-state index contributed by atoms with van der Waals surface area (Å²) in [7, 11) is 0. The van der Waals surface area contributed by atoms with Gasteiger partial charge in [-0.1, -0.05) is 11.1 Å². The quantitative estimate of drug-likeness (QED) is 0.491. The molecule has 0 amide bonds. The van der Waals surface area contributed by atoms with E-state index in [1.54, 1.807) is 18.2 Å². The second kappa shape index (κ2) is 3.23. The number of hydrogen-bond acceptors (Lipinski definition) is 4. The Bertz CT molecular complexity index is 546. The van der Waals surface area contributed by atoms with Crippen molar-refractivity contribution in [1.82, 2.24) is 5.16 Å². The van der Waals surface area contributed by atoms with E-state index in [1.807, 2.05) is 0 Å². The van der Waals surface area contributed by atoms with E-state index in [-0.39, 0.29) is 0 Å². The molecule has 14 heavy (non-hydrogen) atoms. The van der Waals surface area contributed by atoms with Crippen molar-refractivity contribution in [3.63, 3.8) is 0 Å². The molecule has 2 N–H and O–H groups in total. The first-order valence-electron chi connectivity index (χ1n) is 3.91. The molecule has 0 aliphatic rings. The molecule has 0 atom stereocenters. The molecule has 68 valence electrons. The highest BCUT2D eigenvalue weighted by Crippen LogP contribution is 2.20. The largest absolute Gasteiger partial charge is 0.380 e. The standard InChI is InChI=1S/C10H6N2O2/c11-10-8-6-7(2-1-5-13)3-4-9(8)14-12-10/h3-6H,(H2,11,12). The van der Waals surface area contributed by atoms with E-state index in [0.29, 0.717) is 28.6 Å². The molecule has 0 bridgehead atoms. The number of nitrogens with two attached hydrogens (primary N) is 1. The molecule has 0 aliphatic carbocycles. The maximum absolute atomic E-state index is 10.0. The van der Waals surface area contributed by atoms with Crippen molar-refractivity contribution in [3.8, 4) is 11.8 Å². The number of fused-ring (bicyclic) bond motifs is 1. The van der Waals surface area contributed by atoms with Gasteiger partial charge in [-0.05, 0) is 24.1 Å². The molecule has 2 rings (SSSR count). The number of nitrogen functional groups attached to an aromatic ring is 1. The van der Waals surface area contributed by atoms with Crippen LogP contribution in [0.15, 0.2) is 22.7 Å². The number of benzene rings is 1. The van der Waals surface area contributed by atoms with Crippen LogP contribution < -0.4 is 5.73 Å². The van der Waals surface area contributed by atoms with Gasteiger partial charge in [0.05, 0.1) is 5.39 Å². The number of carbonyl (C=O) groups excluding carboxylic acids is 1. The molecule has 1 heterocycles. The number of hydrogen-bond donors (Lipinski definition) is 1. The van der Waals surface area contributed by atoms with Gasteiger partial charge < -0.3 is 10.3 Å². The van der Waals surface area contributed by atoms with Crippen LogP contribution in [0.25, 0.3) is 11.0 Å². The van der Waals surface area contributed by atoms with Gasteiger partial charge >= 0.3 is 0 Å². The number of carbonyl (C=O) groups is 1. The van der Waals surface area contributed by atoms with Gasteiger partial charge in [0.2, 0.25) is 0 Å². The van der Waals surface area contributed by atoms with Crippen molar-refractivity contribution in [3.05, 3.63) is 23.8 Å². The van der Waals surface area contributed by atoms with E-state index in [0.717, 1.165) is 0 Å². The molecule has 0 aliphatic heterocycles. The molecule has 4 heteroatoms. The van der Waals surface area contributed by atoms with Crippen LogP contribution in [0.5, 0.6) is 0 Å². The highest BCUT2D eigenvalue weighted by Gasteiger charge is 2.03. The first-order valence-corrected chi connectivity index (χ1v) is 3.91. The zero-order chi connectivity index (χ0) is 9.97. The summed E-state index contributed by atoms with van der Waals surface area (Å²) < 4.78 is 4.92. The van der Waals surface area contributed by atoms with Gasteiger partial charge in [-0.2, -0.15) is 0 Å². The number of anilines is 1. The predicted octanol–water partition coefficient (Wildman–Crippen LogP) is 0.960. The van der Waals surface area contributed by atoms with Crippen LogP contribution in [0.4, 0.5) is 5.82 Å². The summed E-state index contributed by atoms with van der Waals surface area (Å²) in [5, 5.41) is 4.31. The lowest BCUT2D eigenvalue weighted by Crippen LogP contribution is -1.83. The highest BCUT2D eigenvalue weighted by atomic mass is 16.5. The van der Waals surface area contributed by atoms with E-state index in [1.165, 1.54) is 0 Å². The number of aromatic nitrogens is 1. The van der Waals surface area contributed by atoms with Crippen LogP contribution in [0, 0.1) is 11.8 Å². The van der Waals surface area contributed by atoms with Crippen LogP contribution in [0.1, 0.15) is 5.56 Å². The molecular formula is C10H6N2O2. The second-order valence-electron chi connectivity index (χ2n) is 2.67. The Hall–Kier alpha value is -2.28. The minimum Gasteiger partial charge on any atom is -0.380 e. The molecule has 0 spiro atoms. The Labute approximate surface area is 79.7 Å².